The summed E-state index contributed by atoms with van der Waals surface area (Å²) in [6, 6.07) is 8.78. The fourth-order valence-corrected chi connectivity index (χ4v) is 5.43. The second kappa shape index (κ2) is 9.95. The molecular formula is C24H14Cl5F3N2O2. The first-order valence-corrected chi connectivity index (χ1v) is 12.1. The minimum Gasteiger partial charge on any atom is -0.394 e. The molecular weight excluding hydrogens is 583 g/mol. The fraction of sp³-hybridized carbons (Fsp3) is 0.167. The molecule has 3 aromatic carbocycles. The molecule has 0 spiro atoms. The number of carbonyl (C=O) groups excluding carboxylic acids is 2. The van der Waals surface area contributed by atoms with Crippen molar-refractivity contribution >= 4 is 81.1 Å². The van der Waals surface area contributed by atoms with Crippen LogP contribution in [0.3, 0.4) is 0 Å². The van der Waals surface area contributed by atoms with Gasteiger partial charge in [-0.1, -0.05) is 40.9 Å². The zero-order valence-electron chi connectivity index (χ0n) is 17.8. The molecule has 0 heterocycles. The van der Waals surface area contributed by atoms with Gasteiger partial charge in [0.15, 0.2) is 17.4 Å². The topological polar surface area (TPSA) is 72.2 Å². The summed E-state index contributed by atoms with van der Waals surface area (Å²) in [4.78, 5) is 25.7. The minimum absolute atomic E-state index is 0.00998. The van der Waals surface area contributed by atoms with E-state index in [1.165, 1.54) is 30.3 Å². The van der Waals surface area contributed by atoms with Gasteiger partial charge in [-0.25, -0.2) is 13.2 Å². The molecule has 188 valence electrons. The van der Waals surface area contributed by atoms with Crippen LogP contribution in [0, 0.1) is 23.4 Å². The third kappa shape index (κ3) is 5.00. The maximum Gasteiger partial charge on any atom is 0.231 e. The van der Waals surface area contributed by atoms with Crippen LogP contribution in [0.5, 0.6) is 0 Å². The van der Waals surface area contributed by atoms with Gasteiger partial charge in [0.05, 0.1) is 21.0 Å². The van der Waals surface area contributed by atoms with Crippen LogP contribution in [0.2, 0.25) is 15.1 Å². The van der Waals surface area contributed by atoms with Crippen molar-refractivity contribution in [1.29, 1.82) is 0 Å². The summed E-state index contributed by atoms with van der Waals surface area (Å²) in [5.74, 6) is -5.62. The van der Waals surface area contributed by atoms with Gasteiger partial charge in [-0.3, -0.25) is 9.59 Å². The number of Topliss-reactive ketones (excluding diaryl/α,β-unsaturated/α-hetero) is 1. The van der Waals surface area contributed by atoms with Gasteiger partial charge in [0.1, 0.15) is 15.8 Å². The van der Waals surface area contributed by atoms with Crippen molar-refractivity contribution in [1.82, 2.24) is 0 Å². The zero-order valence-corrected chi connectivity index (χ0v) is 21.6. The number of ketones is 1. The smallest absolute Gasteiger partial charge is 0.231 e. The number of hydrogen-bond donors (Lipinski definition) is 2. The summed E-state index contributed by atoms with van der Waals surface area (Å²) in [7, 11) is 0. The Labute approximate surface area is 228 Å². The predicted octanol–water partition coefficient (Wildman–Crippen LogP) is 7.60. The summed E-state index contributed by atoms with van der Waals surface area (Å²) >= 11 is 30.5. The summed E-state index contributed by atoms with van der Waals surface area (Å²) < 4.78 is 39.9. The Hall–Kier alpha value is -2.16. The molecule has 2 atom stereocenters. The molecule has 3 aromatic rings. The Kier molecular flexibility index (Phi) is 7.43. The number of nitrogens with two attached hydrogens (primary N) is 1. The van der Waals surface area contributed by atoms with Crippen molar-refractivity contribution in [2.24, 2.45) is 5.92 Å². The average Bonchev–Trinajstić information content (AvgIpc) is 3.40. The molecule has 1 aliphatic rings. The van der Waals surface area contributed by atoms with Crippen LogP contribution in [0.25, 0.3) is 0 Å². The van der Waals surface area contributed by atoms with Gasteiger partial charge in [0.25, 0.3) is 0 Å². The van der Waals surface area contributed by atoms with Crippen LogP contribution in [-0.4, -0.2) is 16.0 Å². The standard InChI is InChI=1S/C24H14Cl5F3N2O2/c25-13-3-2-11(8-12(13)17(35)7-9-1-4-16(30)22(33)20(9)31)34-23(36)19-18(24(19,28)29)10-5-14(26)21(32)15(27)6-10/h1-6,8,18-19H,7,33H2,(H,34,36). The quantitative estimate of drug-likeness (QED) is 0.133. The van der Waals surface area contributed by atoms with Crippen molar-refractivity contribution in [3.8, 4) is 0 Å². The molecule has 0 bridgehead atoms. The minimum atomic E-state index is -1.51. The normalized spacial score (nSPS) is 18.1. The first kappa shape index (κ1) is 26.9. The molecule has 0 aromatic heterocycles. The van der Waals surface area contributed by atoms with Gasteiger partial charge in [-0.2, -0.15) is 0 Å². The molecule has 1 saturated carbocycles. The highest BCUT2D eigenvalue weighted by atomic mass is 35.5. The number of rotatable bonds is 6. The van der Waals surface area contributed by atoms with Crippen LogP contribution in [0.1, 0.15) is 27.4 Å². The molecule has 1 amide bonds. The van der Waals surface area contributed by atoms with E-state index in [-0.39, 0.29) is 31.9 Å². The number of anilines is 2. The van der Waals surface area contributed by atoms with Gasteiger partial charge in [-0.05, 0) is 47.5 Å². The molecule has 4 nitrogen and oxygen atoms in total. The zero-order chi connectivity index (χ0) is 26.5. The van der Waals surface area contributed by atoms with E-state index in [1.807, 2.05) is 0 Å². The Bertz CT molecular complexity index is 1390. The summed E-state index contributed by atoms with van der Waals surface area (Å²) in [6.45, 7) is 0. The molecule has 1 fully saturated rings. The molecule has 3 N–H and O–H groups in total. The highest BCUT2D eigenvalue weighted by Gasteiger charge is 2.67. The second-order valence-electron chi connectivity index (χ2n) is 8.15. The van der Waals surface area contributed by atoms with Crippen molar-refractivity contribution in [2.45, 2.75) is 16.7 Å². The van der Waals surface area contributed by atoms with Crippen LogP contribution in [0.15, 0.2) is 42.5 Å². The number of amides is 1. The van der Waals surface area contributed by atoms with Crippen LogP contribution >= 0.6 is 58.0 Å². The lowest BCUT2D eigenvalue weighted by atomic mass is 10.0. The average molecular weight is 597 g/mol. The first-order chi connectivity index (χ1) is 16.8. The molecule has 0 saturated heterocycles. The molecule has 36 heavy (non-hydrogen) atoms. The summed E-state index contributed by atoms with van der Waals surface area (Å²) in [6.07, 6.45) is -0.448. The lowest BCUT2D eigenvalue weighted by Crippen LogP contribution is -2.17. The van der Waals surface area contributed by atoms with Crippen LogP contribution < -0.4 is 11.1 Å². The number of benzene rings is 3. The van der Waals surface area contributed by atoms with Crippen molar-refractivity contribution < 1.29 is 22.8 Å². The number of carbonyl (C=O) groups is 2. The molecule has 0 radical (unpaired) electrons. The molecule has 1 aliphatic carbocycles. The fourth-order valence-electron chi connectivity index (χ4n) is 3.88. The largest absolute Gasteiger partial charge is 0.394 e. The number of nitrogens with one attached hydrogen (secondary N) is 1. The predicted molar refractivity (Wildman–Crippen MR) is 136 cm³/mol. The lowest BCUT2D eigenvalue weighted by molar-refractivity contribution is -0.117. The number of halogens is 8. The van der Waals surface area contributed by atoms with E-state index >= 15 is 0 Å². The maximum absolute atomic E-state index is 14.2. The Balaban J connectivity index is 1.53. The van der Waals surface area contributed by atoms with Crippen LogP contribution in [0.4, 0.5) is 24.5 Å². The van der Waals surface area contributed by atoms with Crippen LogP contribution in [-0.2, 0) is 11.2 Å². The Morgan fingerprint density at radius 2 is 1.56 bits per heavy atom. The van der Waals surface area contributed by atoms with Crippen molar-refractivity contribution in [3.05, 3.63) is 91.7 Å². The molecule has 12 heteroatoms. The van der Waals surface area contributed by atoms with E-state index in [9.17, 15) is 22.8 Å². The number of alkyl halides is 2. The van der Waals surface area contributed by atoms with Gasteiger partial charge < -0.3 is 11.1 Å². The lowest BCUT2D eigenvalue weighted by Gasteiger charge is -2.10. The van der Waals surface area contributed by atoms with Crippen molar-refractivity contribution in [3.63, 3.8) is 0 Å². The van der Waals surface area contributed by atoms with Gasteiger partial charge in [-0.15, -0.1) is 23.2 Å². The van der Waals surface area contributed by atoms with E-state index in [0.29, 0.717) is 5.56 Å². The maximum atomic E-state index is 14.2. The molecule has 2 unspecified atom stereocenters. The third-order valence-corrected chi connectivity index (χ3v) is 7.61. The SMILES string of the molecule is Nc1c(F)ccc(CC(=O)c2cc(NC(=O)C3C(c4cc(Cl)c(F)c(Cl)c4)C3(Cl)Cl)ccc2Cl)c1F. The highest BCUT2D eigenvalue weighted by Crippen LogP contribution is 2.65. The first-order valence-electron chi connectivity index (χ1n) is 10.2. The summed E-state index contributed by atoms with van der Waals surface area (Å²) in [5, 5.41) is 2.18. The highest BCUT2D eigenvalue weighted by molar-refractivity contribution is 6.53. The van der Waals surface area contributed by atoms with Gasteiger partial charge >= 0.3 is 0 Å². The number of hydrogen-bond acceptors (Lipinski definition) is 3. The monoisotopic (exact) mass is 594 g/mol. The number of nitrogen functional groups attached to an aromatic ring is 1. The summed E-state index contributed by atoms with van der Waals surface area (Å²) in [5.41, 5.74) is 5.10. The van der Waals surface area contributed by atoms with E-state index in [4.69, 9.17) is 63.7 Å². The third-order valence-electron chi connectivity index (χ3n) is 5.79. The Morgan fingerprint density at radius 1 is 0.917 bits per heavy atom. The van der Waals surface area contributed by atoms with E-state index in [2.05, 4.69) is 5.32 Å². The van der Waals surface area contributed by atoms with E-state index < -0.39 is 57.4 Å². The Morgan fingerprint density at radius 3 is 2.19 bits per heavy atom. The van der Waals surface area contributed by atoms with E-state index in [1.54, 1.807) is 0 Å². The van der Waals surface area contributed by atoms with E-state index in [0.717, 1.165) is 12.1 Å². The second-order valence-corrected chi connectivity index (χ2v) is 10.8. The van der Waals surface area contributed by atoms with Crippen molar-refractivity contribution in [2.75, 3.05) is 11.1 Å². The molecule has 4 rings (SSSR count). The van der Waals surface area contributed by atoms with Gasteiger partial charge in [0.2, 0.25) is 5.91 Å². The molecule has 0 aliphatic heterocycles. The van der Waals surface area contributed by atoms with Gasteiger partial charge in [0, 0.05) is 23.6 Å².